The summed E-state index contributed by atoms with van der Waals surface area (Å²) in [6, 6.07) is 0. The molecule has 0 N–H and O–H groups in total. The maximum Gasteiger partial charge on any atom is 0.232 e. The van der Waals surface area contributed by atoms with E-state index in [1.54, 1.807) is 0 Å². The highest BCUT2D eigenvalue weighted by Gasteiger charge is 2.46. The summed E-state index contributed by atoms with van der Waals surface area (Å²) in [5.41, 5.74) is 7.66. The van der Waals surface area contributed by atoms with Gasteiger partial charge in [-0.3, -0.25) is 0 Å². The molecular formula is C50H22O20S10. The molecule has 0 saturated carbocycles. The SMILES string of the molecule is c1sc2c(c1-c1sc3c(c1-c1sc4c(c1-c1sc5c(c1-c1sc6c(c1-c1c(-c7c(-c8c(-c9c(-c%10csc%11c%10OCO%11)sc%10c9OCO%10)sc9c8OCO9)sc8c7OCO8)sc7c1OCO7)OCO6)OCO5)OCO4)OCO3)OCO2. The molecule has 0 aromatic carbocycles. The number of ether oxygens (including phenoxy) is 20. The summed E-state index contributed by atoms with van der Waals surface area (Å²) in [6.07, 6.45) is 0. The molecule has 30 heteroatoms. The Kier molecular flexibility index (Phi) is 9.14. The predicted octanol–water partition coefficient (Wildman–Crippen LogP) is 14.6. The molecule has 0 atom stereocenters. The largest absolute Gasteiger partial charge is 0.452 e. The van der Waals surface area contributed by atoms with Crippen LogP contribution in [0, 0.1) is 0 Å². The van der Waals surface area contributed by atoms with Crippen molar-refractivity contribution in [3.05, 3.63) is 10.8 Å². The Morgan fingerprint density at radius 3 is 0.637 bits per heavy atom. The van der Waals surface area contributed by atoms with Crippen LogP contribution in [0.15, 0.2) is 10.8 Å². The van der Waals surface area contributed by atoms with Gasteiger partial charge in [-0.1, -0.05) is 90.7 Å². The third kappa shape index (κ3) is 5.89. The van der Waals surface area contributed by atoms with E-state index in [1.807, 2.05) is 10.8 Å². The van der Waals surface area contributed by atoms with Crippen molar-refractivity contribution in [2.75, 3.05) is 67.9 Å². The third-order valence-electron chi connectivity index (χ3n) is 14.1. The van der Waals surface area contributed by atoms with Crippen LogP contribution >= 0.6 is 113 Å². The van der Waals surface area contributed by atoms with Crippen molar-refractivity contribution in [2.24, 2.45) is 0 Å². The highest BCUT2D eigenvalue weighted by molar-refractivity contribution is 7.25. The summed E-state index contributed by atoms with van der Waals surface area (Å²) < 4.78 is 125. The Morgan fingerprint density at radius 1 is 0.188 bits per heavy atom. The van der Waals surface area contributed by atoms with Gasteiger partial charge in [0.15, 0.2) is 57.5 Å². The summed E-state index contributed by atoms with van der Waals surface area (Å²) >= 11 is 14.6. The zero-order valence-corrected chi connectivity index (χ0v) is 47.6. The average Bonchev–Trinajstić information content (AvgIpc) is 4.42. The van der Waals surface area contributed by atoms with Gasteiger partial charge in [0.05, 0.1) is 83.5 Å². The van der Waals surface area contributed by atoms with E-state index < -0.39 is 0 Å². The molecule has 0 saturated heterocycles. The molecule has 10 aliphatic rings. The second-order valence-corrected chi connectivity index (χ2v) is 27.5. The van der Waals surface area contributed by atoms with E-state index in [0.717, 1.165) is 83.5 Å². The van der Waals surface area contributed by atoms with Crippen molar-refractivity contribution in [3.8, 4) is 203 Å². The molecule has 20 rings (SSSR count). The van der Waals surface area contributed by atoms with Crippen molar-refractivity contribution in [1.29, 1.82) is 0 Å². The van der Waals surface area contributed by atoms with Crippen LogP contribution in [0.1, 0.15) is 0 Å². The quantitative estimate of drug-likeness (QED) is 0.133. The Bertz CT molecular complexity index is 4120. The minimum absolute atomic E-state index is 0.00750. The lowest BCUT2D eigenvalue weighted by molar-refractivity contribution is 0.174. The molecule has 10 aromatic heterocycles. The first-order chi connectivity index (χ1) is 39.7. The Hall–Kier alpha value is -7.00. The first-order valence-corrected chi connectivity index (χ1v) is 32.1. The molecule has 0 amide bonds. The second kappa shape index (κ2) is 16.3. The number of rotatable bonds is 9. The summed E-state index contributed by atoms with van der Waals surface area (Å²) in [6.45, 7) is 0.452. The normalized spacial score (nSPS) is 16.8. The van der Waals surface area contributed by atoms with E-state index in [2.05, 4.69) is 0 Å². The van der Waals surface area contributed by atoms with Gasteiger partial charge in [0, 0.05) is 21.9 Å². The summed E-state index contributed by atoms with van der Waals surface area (Å²) in [5, 5.41) is 10.3. The maximum atomic E-state index is 6.57. The molecule has 20 nitrogen and oxygen atoms in total. The summed E-state index contributed by atoms with van der Waals surface area (Å²) in [7, 11) is 0. The van der Waals surface area contributed by atoms with Crippen LogP contribution in [0.25, 0.3) is 94.7 Å². The molecule has 0 unspecified atom stereocenters. The van der Waals surface area contributed by atoms with Gasteiger partial charge in [0.25, 0.3) is 0 Å². The van der Waals surface area contributed by atoms with E-state index in [0.29, 0.717) is 119 Å². The Balaban J connectivity index is 0.821. The number of hydrogen-bond acceptors (Lipinski definition) is 30. The van der Waals surface area contributed by atoms with Crippen LogP contribution < -0.4 is 94.7 Å². The van der Waals surface area contributed by atoms with Crippen LogP contribution in [0.2, 0.25) is 0 Å². The third-order valence-corrected chi connectivity index (χ3v) is 24.7. The predicted molar refractivity (Wildman–Crippen MR) is 295 cm³/mol. The standard InChI is InChI=1S/C50H22O20S10/c1-13(23-41(71-1)61-3-51-23)33-17(27-45(73-33)65-7-55-27)37-21(31-49(77-37)69-11-59-31)39-19(29-47(79-39)67-9-57-29)35-15(25-43(75-35)63-5-53-25)16-26-44(64-6-54-26)76-36(16)20-30-48(68-10-58-30)80-40(20)22-32-50(70-12-60-32)78-38(22)18-28-46(66-8-56-28)74-34(18)14-2-72-42-24(14)52-4-62-42/h1-2H,3-12H2. The first-order valence-electron chi connectivity index (χ1n) is 23.8. The minimum Gasteiger partial charge on any atom is -0.452 e. The summed E-state index contributed by atoms with van der Waals surface area (Å²) in [4.78, 5) is 6.45. The number of hydrogen-bond donors (Lipinski definition) is 0. The van der Waals surface area contributed by atoms with Gasteiger partial charge in [0.2, 0.25) is 119 Å². The molecule has 402 valence electrons. The van der Waals surface area contributed by atoms with Gasteiger partial charge in [0.1, 0.15) is 0 Å². The monoisotopic (exact) mass is 1260 g/mol. The topological polar surface area (TPSA) is 185 Å². The lowest BCUT2D eigenvalue weighted by Gasteiger charge is -2.14. The highest BCUT2D eigenvalue weighted by atomic mass is 32.1. The van der Waals surface area contributed by atoms with Crippen LogP contribution in [-0.2, 0) is 0 Å². The van der Waals surface area contributed by atoms with Crippen molar-refractivity contribution < 1.29 is 94.7 Å². The van der Waals surface area contributed by atoms with E-state index in [4.69, 9.17) is 94.7 Å². The molecule has 0 bridgehead atoms. The molecule has 80 heavy (non-hydrogen) atoms. The van der Waals surface area contributed by atoms with Gasteiger partial charge < -0.3 is 94.7 Å². The van der Waals surface area contributed by atoms with Crippen molar-refractivity contribution in [2.45, 2.75) is 0 Å². The number of fused-ring (bicyclic) bond motifs is 10. The molecule has 10 aromatic rings. The van der Waals surface area contributed by atoms with Crippen LogP contribution in [-0.4, -0.2) is 67.9 Å². The van der Waals surface area contributed by atoms with E-state index in [9.17, 15) is 0 Å². The molecule has 0 radical (unpaired) electrons. The molecule has 20 heterocycles. The first kappa shape index (κ1) is 44.7. The van der Waals surface area contributed by atoms with E-state index in [-0.39, 0.29) is 67.9 Å². The lowest BCUT2D eigenvalue weighted by Crippen LogP contribution is -1.99. The fourth-order valence-corrected chi connectivity index (χ4v) is 22.2. The molecule has 0 fully saturated rings. The lowest BCUT2D eigenvalue weighted by atomic mass is 9.95. The smallest absolute Gasteiger partial charge is 0.232 e. The van der Waals surface area contributed by atoms with Crippen LogP contribution in [0.3, 0.4) is 0 Å². The van der Waals surface area contributed by atoms with Crippen molar-refractivity contribution in [3.63, 3.8) is 0 Å². The van der Waals surface area contributed by atoms with Gasteiger partial charge in [-0.15, -0.1) is 22.7 Å². The Labute approximate surface area is 485 Å². The minimum atomic E-state index is -0.00836. The van der Waals surface area contributed by atoms with E-state index in [1.165, 1.54) is 113 Å². The Morgan fingerprint density at radius 2 is 0.375 bits per heavy atom. The van der Waals surface area contributed by atoms with E-state index >= 15 is 0 Å². The van der Waals surface area contributed by atoms with Crippen LogP contribution in [0.4, 0.5) is 0 Å². The maximum absolute atomic E-state index is 6.57. The summed E-state index contributed by atoms with van der Waals surface area (Å²) in [5.74, 6) is 5.81. The molecule has 10 aliphatic heterocycles. The molecule has 0 aliphatic carbocycles. The fraction of sp³-hybridized carbons (Fsp3) is 0.200. The molecule has 0 spiro atoms. The van der Waals surface area contributed by atoms with Crippen molar-refractivity contribution in [1.82, 2.24) is 0 Å². The number of thiophene rings is 10. The van der Waals surface area contributed by atoms with Gasteiger partial charge in [-0.05, 0) is 0 Å². The zero-order valence-electron chi connectivity index (χ0n) is 39.5. The van der Waals surface area contributed by atoms with Gasteiger partial charge >= 0.3 is 0 Å². The van der Waals surface area contributed by atoms with Gasteiger partial charge in [-0.25, -0.2) is 0 Å². The average molecular weight is 1260 g/mol. The van der Waals surface area contributed by atoms with Gasteiger partial charge in [-0.2, -0.15) is 0 Å². The zero-order chi connectivity index (χ0) is 51.6. The van der Waals surface area contributed by atoms with Crippen LogP contribution in [0.5, 0.6) is 108 Å². The van der Waals surface area contributed by atoms with Crippen molar-refractivity contribution >= 4 is 113 Å². The highest BCUT2D eigenvalue weighted by Crippen LogP contribution is 2.73. The second-order valence-electron chi connectivity index (χ2n) is 18.0. The fourth-order valence-electron chi connectivity index (χ4n) is 11.0. The molecular weight excluding hydrogens is 1240 g/mol.